The van der Waals surface area contributed by atoms with Crippen LogP contribution in [0.3, 0.4) is 0 Å². The molecule has 1 unspecified atom stereocenters. The van der Waals surface area contributed by atoms with Crippen LogP contribution >= 0.6 is 0 Å². The van der Waals surface area contributed by atoms with Crippen LogP contribution in [-0.4, -0.2) is 25.8 Å². The molecule has 1 atom stereocenters. The topological polar surface area (TPSA) is 21.3 Å². The van der Waals surface area contributed by atoms with Crippen LogP contribution in [0.1, 0.15) is 58.3 Å². The third kappa shape index (κ3) is 3.21. The van der Waals surface area contributed by atoms with E-state index >= 15 is 0 Å². The van der Waals surface area contributed by atoms with E-state index < -0.39 is 0 Å². The molecule has 2 fully saturated rings. The Hall–Kier alpha value is -0.0800. The van der Waals surface area contributed by atoms with E-state index in [1.807, 2.05) is 0 Å². The summed E-state index contributed by atoms with van der Waals surface area (Å²) in [5, 5.41) is 3.61. The van der Waals surface area contributed by atoms with Gasteiger partial charge in [-0.1, -0.05) is 13.3 Å². The molecule has 0 aromatic rings. The fourth-order valence-corrected chi connectivity index (χ4v) is 3.06. The van der Waals surface area contributed by atoms with Gasteiger partial charge in [0.25, 0.3) is 0 Å². The molecule has 1 N–H and O–H groups in total. The van der Waals surface area contributed by atoms with Crippen LogP contribution in [0, 0.1) is 5.41 Å². The molecule has 0 bridgehead atoms. The minimum atomic E-state index is 0.587. The van der Waals surface area contributed by atoms with Crippen molar-refractivity contribution in [1.82, 2.24) is 5.32 Å². The van der Waals surface area contributed by atoms with Crippen molar-refractivity contribution < 1.29 is 4.74 Å². The second-order valence-corrected chi connectivity index (χ2v) is 5.70. The Morgan fingerprint density at radius 1 is 1.31 bits per heavy atom. The Balaban J connectivity index is 1.67. The lowest BCUT2D eigenvalue weighted by atomic mass is 9.65. The molecular weight excluding hydrogens is 198 g/mol. The molecule has 0 spiro atoms. The molecule has 16 heavy (non-hydrogen) atoms. The molecule has 1 aliphatic carbocycles. The zero-order chi connectivity index (χ0) is 11.3. The highest BCUT2D eigenvalue weighted by atomic mass is 16.5. The highest BCUT2D eigenvalue weighted by Gasteiger charge is 2.36. The normalized spacial score (nSPS) is 27.9. The van der Waals surface area contributed by atoms with Crippen molar-refractivity contribution >= 4 is 0 Å². The number of rotatable bonds is 7. The first-order valence-electron chi connectivity index (χ1n) is 7.17. The molecule has 2 rings (SSSR count). The molecule has 2 aliphatic rings. The summed E-state index contributed by atoms with van der Waals surface area (Å²) in [6.07, 6.45) is 11.4. The Labute approximate surface area is 100 Å². The summed E-state index contributed by atoms with van der Waals surface area (Å²) in [4.78, 5) is 0. The van der Waals surface area contributed by atoms with Gasteiger partial charge in [0, 0.05) is 13.2 Å². The summed E-state index contributed by atoms with van der Waals surface area (Å²) in [6, 6.07) is 0. The average Bonchev–Trinajstić information content (AvgIpc) is 2.73. The lowest BCUT2D eigenvalue weighted by molar-refractivity contribution is 0.0595. The minimum absolute atomic E-state index is 0.587. The van der Waals surface area contributed by atoms with Gasteiger partial charge in [0.05, 0.1) is 6.10 Å². The molecule has 1 saturated carbocycles. The van der Waals surface area contributed by atoms with Gasteiger partial charge in [-0.15, -0.1) is 0 Å². The first-order valence-corrected chi connectivity index (χ1v) is 7.17. The highest BCUT2D eigenvalue weighted by Crippen LogP contribution is 2.45. The van der Waals surface area contributed by atoms with Gasteiger partial charge < -0.3 is 10.1 Å². The van der Waals surface area contributed by atoms with Crippen LogP contribution in [-0.2, 0) is 4.74 Å². The molecule has 1 aliphatic heterocycles. The summed E-state index contributed by atoms with van der Waals surface area (Å²) in [5.41, 5.74) is 0.640. The smallest absolute Gasteiger partial charge is 0.0576 e. The van der Waals surface area contributed by atoms with Gasteiger partial charge in [0.15, 0.2) is 0 Å². The monoisotopic (exact) mass is 225 g/mol. The Morgan fingerprint density at radius 2 is 2.19 bits per heavy atom. The minimum Gasteiger partial charge on any atom is -0.378 e. The van der Waals surface area contributed by atoms with Crippen LogP contribution in [0.15, 0.2) is 0 Å². The molecule has 94 valence electrons. The van der Waals surface area contributed by atoms with Crippen LogP contribution in [0.25, 0.3) is 0 Å². The second kappa shape index (κ2) is 6.02. The molecule has 1 saturated heterocycles. The molecule has 0 aromatic carbocycles. The fraction of sp³-hybridized carbons (Fsp3) is 1.00. The van der Waals surface area contributed by atoms with Gasteiger partial charge in [-0.25, -0.2) is 0 Å². The van der Waals surface area contributed by atoms with Gasteiger partial charge in [-0.05, 0) is 56.9 Å². The number of hydrogen-bond donors (Lipinski definition) is 1. The summed E-state index contributed by atoms with van der Waals surface area (Å²) in [7, 11) is 0. The van der Waals surface area contributed by atoms with E-state index in [0.29, 0.717) is 11.5 Å². The van der Waals surface area contributed by atoms with Gasteiger partial charge in [-0.3, -0.25) is 0 Å². The van der Waals surface area contributed by atoms with E-state index in [0.717, 1.165) is 6.61 Å². The van der Waals surface area contributed by atoms with Gasteiger partial charge >= 0.3 is 0 Å². The maximum atomic E-state index is 5.72. The number of hydrogen-bond acceptors (Lipinski definition) is 2. The van der Waals surface area contributed by atoms with Crippen LogP contribution in [0.4, 0.5) is 0 Å². The first-order chi connectivity index (χ1) is 7.85. The van der Waals surface area contributed by atoms with Crippen molar-refractivity contribution in [2.45, 2.75) is 64.4 Å². The summed E-state index contributed by atoms with van der Waals surface area (Å²) in [5.74, 6) is 0. The van der Waals surface area contributed by atoms with Crippen molar-refractivity contribution in [3.63, 3.8) is 0 Å². The third-order valence-electron chi connectivity index (χ3n) is 4.36. The van der Waals surface area contributed by atoms with Gasteiger partial charge in [-0.2, -0.15) is 0 Å². The van der Waals surface area contributed by atoms with E-state index in [-0.39, 0.29) is 0 Å². The Morgan fingerprint density at radius 3 is 2.75 bits per heavy atom. The van der Waals surface area contributed by atoms with Crippen LogP contribution < -0.4 is 5.32 Å². The Bertz CT molecular complexity index is 195. The second-order valence-electron chi connectivity index (χ2n) is 5.70. The van der Waals surface area contributed by atoms with Crippen LogP contribution in [0.5, 0.6) is 0 Å². The molecule has 2 heteroatoms. The largest absolute Gasteiger partial charge is 0.378 e. The van der Waals surface area contributed by atoms with E-state index in [1.54, 1.807) is 0 Å². The predicted molar refractivity (Wildman–Crippen MR) is 67.7 cm³/mol. The molecule has 1 heterocycles. The van der Waals surface area contributed by atoms with E-state index in [1.165, 1.54) is 64.5 Å². The maximum absolute atomic E-state index is 5.72. The Kier molecular flexibility index (Phi) is 4.66. The van der Waals surface area contributed by atoms with Crippen molar-refractivity contribution in [2.75, 3.05) is 19.7 Å². The fourth-order valence-electron chi connectivity index (χ4n) is 3.06. The molecule has 0 aromatic heterocycles. The van der Waals surface area contributed by atoms with Crippen molar-refractivity contribution in [2.24, 2.45) is 5.41 Å². The molecular formula is C14H27NO. The van der Waals surface area contributed by atoms with Crippen molar-refractivity contribution in [1.29, 1.82) is 0 Å². The first kappa shape index (κ1) is 12.4. The van der Waals surface area contributed by atoms with Crippen molar-refractivity contribution in [3.8, 4) is 0 Å². The SMILES string of the molecule is CCCNCC1(CCC2CCCO2)CCC1. The standard InChI is InChI=1S/C14H27NO/c1-2-10-15-12-14(7-4-8-14)9-6-13-5-3-11-16-13/h13,15H,2-12H2,1H3. The quantitative estimate of drug-likeness (QED) is 0.672. The zero-order valence-electron chi connectivity index (χ0n) is 10.8. The molecule has 2 nitrogen and oxygen atoms in total. The highest BCUT2D eigenvalue weighted by molar-refractivity contribution is 4.90. The van der Waals surface area contributed by atoms with E-state index in [4.69, 9.17) is 4.74 Å². The van der Waals surface area contributed by atoms with Crippen molar-refractivity contribution in [3.05, 3.63) is 0 Å². The third-order valence-corrected chi connectivity index (χ3v) is 4.36. The predicted octanol–water partition coefficient (Wildman–Crippen LogP) is 3.12. The zero-order valence-corrected chi connectivity index (χ0v) is 10.8. The number of ether oxygens (including phenoxy) is 1. The number of nitrogens with one attached hydrogen (secondary N) is 1. The lowest BCUT2D eigenvalue weighted by Crippen LogP contribution is -2.40. The van der Waals surface area contributed by atoms with Gasteiger partial charge in [0.2, 0.25) is 0 Å². The van der Waals surface area contributed by atoms with Crippen LogP contribution in [0.2, 0.25) is 0 Å². The summed E-state index contributed by atoms with van der Waals surface area (Å²) >= 11 is 0. The van der Waals surface area contributed by atoms with E-state index in [2.05, 4.69) is 12.2 Å². The molecule has 0 amide bonds. The van der Waals surface area contributed by atoms with E-state index in [9.17, 15) is 0 Å². The maximum Gasteiger partial charge on any atom is 0.0576 e. The molecule has 0 radical (unpaired) electrons. The van der Waals surface area contributed by atoms with Gasteiger partial charge in [0.1, 0.15) is 0 Å². The lowest BCUT2D eigenvalue weighted by Gasteiger charge is -2.43. The average molecular weight is 225 g/mol. The summed E-state index contributed by atoms with van der Waals surface area (Å²) in [6.45, 7) is 5.67. The summed E-state index contributed by atoms with van der Waals surface area (Å²) < 4.78 is 5.72.